The molecule has 6 rings (SSSR count). The third kappa shape index (κ3) is 11.1. The molecule has 4 N–H and O–H groups in total. The Morgan fingerprint density at radius 2 is 1.48 bits per heavy atom. The highest BCUT2D eigenvalue weighted by Crippen LogP contribution is 2.46. The average Bonchev–Trinajstić information content (AvgIpc) is 4.00. The smallest absolute Gasteiger partial charge is 0.321 e. The third-order valence-corrected chi connectivity index (χ3v) is 14.8. The summed E-state index contributed by atoms with van der Waals surface area (Å²) in [6.07, 6.45) is 15.6. The number of H-pyrrole nitrogens is 2. The lowest BCUT2D eigenvalue weighted by atomic mass is 9.84. The number of carbonyl (C=O) groups is 2. The molecule has 1 aliphatic carbocycles. The molecule has 0 spiro atoms. The molecule has 3 aromatic heterocycles. The van der Waals surface area contributed by atoms with Crippen LogP contribution in [0.15, 0.2) is 30.4 Å². The van der Waals surface area contributed by atoms with Gasteiger partial charge in [0.05, 0.1) is 36.2 Å². The van der Waals surface area contributed by atoms with Crippen LogP contribution in [-0.4, -0.2) is 55.8 Å². The molecule has 8 atom stereocenters. The van der Waals surface area contributed by atoms with E-state index in [1.54, 1.807) is 6.92 Å². The van der Waals surface area contributed by atoms with E-state index in [4.69, 9.17) is 19.4 Å². The van der Waals surface area contributed by atoms with Crippen LogP contribution in [0.2, 0.25) is 0 Å². The van der Waals surface area contributed by atoms with Crippen molar-refractivity contribution in [3.8, 4) is 0 Å². The average molecular weight is 891 g/mol. The SMILES string of the molecule is CC[C@H]1c2cc3[nH]c4c(c5nc(cc6[nH]c(cc(n2)[C@@H]1C)/c(=C(/C)O)c6C)[C@@H](C)[C@@H]5CCC(=O)OCCC(C)CCC[C@@H](C)/C=C\C[C@@H](C)CCCC(C)C)[C@@H](C(=O)OC)C(O)=c4c3C. The summed E-state index contributed by atoms with van der Waals surface area (Å²) in [6, 6.07) is 6.13. The zero-order chi connectivity index (χ0) is 47.3. The molecular formula is C55H78N4O6. The lowest BCUT2D eigenvalue weighted by molar-refractivity contribution is -0.144. The van der Waals surface area contributed by atoms with Crippen LogP contribution in [0.5, 0.6) is 0 Å². The van der Waals surface area contributed by atoms with Gasteiger partial charge in [0.25, 0.3) is 0 Å². The van der Waals surface area contributed by atoms with Crippen LogP contribution in [-0.2, 0) is 19.1 Å². The third-order valence-electron chi connectivity index (χ3n) is 14.8. The first kappa shape index (κ1) is 49.6. The van der Waals surface area contributed by atoms with E-state index >= 15 is 0 Å². The number of ether oxygens (including phenoxy) is 2. The largest absolute Gasteiger partial charge is 0.512 e. The van der Waals surface area contributed by atoms with Crippen molar-refractivity contribution >= 4 is 45.5 Å². The van der Waals surface area contributed by atoms with Crippen LogP contribution in [0.4, 0.5) is 0 Å². The van der Waals surface area contributed by atoms with Gasteiger partial charge in [-0.3, -0.25) is 19.6 Å². The molecule has 10 heteroatoms. The lowest BCUT2D eigenvalue weighted by Crippen LogP contribution is -2.18. The molecule has 10 nitrogen and oxygen atoms in total. The number of methoxy groups -OCH3 is 1. The summed E-state index contributed by atoms with van der Waals surface area (Å²) >= 11 is 0. The molecule has 354 valence electrons. The second kappa shape index (κ2) is 21.6. The summed E-state index contributed by atoms with van der Waals surface area (Å²) in [4.78, 5) is 44.8. The number of nitrogens with one attached hydrogen (secondary N) is 2. The number of aliphatic hydroxyl groups is 2. The number of hydrogen-bond donors (Lipinski definition) is 4. The minimum atomic E-state index is -1.08. The fraction of sp³-hybridized carbons (Fsp3) is 0.600. The summed E-state index contributed by atoms with van der Waals surface area (Å²) in [5.41, 5.74) is 8.51. The van der Waals surface area contributed by atoms with Crippen LogP contribution in [0.3, 0.4) is 0 Å². The van der Waals surface area contributed by atoms with E-state index in [1.165, 1.54) is 26.4 Å². The van der Waals surface area contributed by atoms with Gasteiger partial charge >= 0.3 is 11.9 Å². The maximum atomic E-state index is 13.7. The van der Waals surface area contributed by atoms with Gasteiger partial charge in [-0.05, 0) is 106 Å². The topological polar surface area (TPSA) is 150 Å². The van der Waals surface area contributed by atoms with Gasteiger partial charge < -0.3 is 29.7 Å². The standard InChI is InChI=1S/C55H78N4O6/c1-13-39-34(7)41-29-46-48(38(11)60)36(9)43(57-46)27-42-35(8)40(52(58-42)50-51(55(63)64-12)54(62)49-37(10)44(59-53(49)50)28-45(39)56-41)23-24-47(61)65-26-25-33(6)22-16-21-32(5)20-15-19-31(4)18-14-17-30(2)3/h15,20,27-35,39-40,51,57,59-60,62H,13-14,16-19,21-26H2,1-12H3/b20-15-,42-27?,45-28?,46-29?,48-38-/t31-,32-,33?,34+,35-,39+,40-,51+/m0/s1. The zero-order valence-corrected chi connectivity index (χ0v) is 41.5. The van der Waals surface area contributed by atoms with Gasteiger partial charge in [0.15, 0.2) is 0 Å². The minimum absolute atomic E-state index is 0.0716. The summed E-state index contributed by atoms with van der Waals surface area (Å²) in [7, 11) is 1.33. The number of aromatic nitrogens is 4. The second-order valence-corrected chi connectivity index (χ2v) is 20.4. The van der Waals surface area contributed by atoms with Crippen molar-refractivity contribution in [1.29, 1.82) is 0 Å². The molecule has 0 saturated heterocycles. The normalized spacial score (nSPS) is 21.2. The first-order valence-electron chi connectivity index (χ1n) is 24.7. The van der Waals surface area contributed by atoms with Gasteiger partial charge in [-0.1, -0.05) is 99.6 Å². The van der Waals surface area contributed by atoms with Gasteiger partial charge in [-0.2, -0.15) is 0 Å². The van der Waals surface area contributed by atoms with Crippen molar-refractivity contribution in [3.05, 3.63) is 80.3 Å². The van der Waals surface area contributed by atoms with Crippen LogP contribution in [0.1, 0.15) is 202 Å². The number of fused-ring (bicyclic) bond motifs is 8. The van der Waals surface area contributed by atoms with Crippen LogP contribution < -0.4 is 10.4 Å². The maximum absolute atomic E-state index is 13.7. The molecule has 0 aromatic carbocycles. The molecule has 0 amide bonds. The Bertz CT molecular complexity index is 2530. The van der Waals surface area contributed by atoms with E-state index in [0.717, 1.165) is 100 Å². The van der Waals surface area contributed by atoms with E-state index < -0.39 is 11.9 Å². The first-order valence-corrected chi connectivity index (χ1v) is 24.7. The second-order valence-electron chi connectivity index (χ2n) is 20.4. The fourth-order valence-corrected chi connectivity index (χ4v) is 10.7. The molecule has 0 fully saturated rings. The number of aryl methyl sites for hydroxylation is 2. The zero-order valence-electron chi connectivity index (χ0n) is 41.5. The van der Waals surface area contributed by atoms with Gasteiger partial charge in [0.2, 0.25) is 0 Å². The van der Waals surface area contributed by atoms with Gasteiger partial charge in [-0.25, -0.2) is 0 Å². The highest BCUT2D eigenvalue weighted by molar-refractivity contribution is 5.96. The fourth-order valence-electron chi connectivity index (χ4n) is 10.7. The van der Waals surface area contributed by atoms with Crippen LogP contribution >= 0.6 is 0 Å². The summed E-state index contributed by atoms with van der Waals surface area (Å²) in [5.74, 6) is 0.573. The van der Waals surface area contributed by atoms with Gasteiger partial charge in [-0.15, -0.1) is 0 Å². The molecule has 5 heterocycles. The van der Waals surface area contributed by atoms with E-state index in [1.807, 2.05) is 19.9 Å². The molecule has 3 aromatic rings. The minimum Gasteiger partial charge on any atom is -0.512 e. The first-order chi connectivity index (χ1) is 30.9. The van der Waals surface area contributed by atoms with E-state index in [-0.39, 0.29) is 47.6 Å². The monoisotopic (exact) mass is 891 g/mol. The van der Waals surface area contributed by atoms with Gasteiger partial charge in [0, 0.05) is 74.2 Å². The Morgan fingerprint density at radius 1 is 0.831 bits per heavy atom. The molecule has 2 aliphatic heterocycles. The predicted molar refractivity (Wildman–Crippen MR) is 263 cm³/mol. The Morgan fingerprint density at radius 3 is 2.17 bits per heavy atom. The van der Waals surface area contributed by atoms with Crippen molar-refractivity contribution < 1.29 is 29.3 Å². The number of rotatable bonds is 19. The van der Waals surface area contributed by atoms with Crippen molar-refractivity contribution in [3.63, 3.8) is 0 Å². The van der Waals surface area contributed by atoms with Crippen LogP contribution in [0.25, 0.3) is 33.6 Å². The highest BCUT2D eigenvalue weighted by Gasteiger charge is 2.42. The number of hydrogen-bond acceptors (Lipinski definition) is 8. The van der Waals surface area contributed by atoms with Crippen LogP contribution in [0, 0.1) is 37.5 Å². The van der Waals surface area contributed by atoms with Crippen molar-refractivity contribution in [2.24, 2.45) is 23.7 Å². The molecule has 0 radical (unpaired) electrons. The number of carbonyl (C=O) groups excluding carboxylic acids is 2. The number of nitrogens with zero attached hydrogens (tertiary/aromatic N) is 2. The summed E-state index contributed by atoms with van der Waals surface area (Å²) in [6.45, 7) is 24.0. The van der Waals surface area contributed by atoms with E-state index in [2.05, 4.69) is 89.6 Å². The summed E-state index contributed by atoms with van der Waals surface area (Å²) < 4.78 is 11.2. The molecular weight excluding hydrogens is 813 g/mol. The van der Waals surface area contributed by atoms with Crippen molar-refractivity contribution in [1.82, 2.24) is 19.9 Å². The molecule has 0 saturated carbocycles. The maximum Gasteiger partial charge on any atom is 0.321 e. The Hall–Kier alpha value is -4.86. The van der Waals surface area contributed by atoms with Crippen molar-refractivity contribution in [2.75, 3.05) is 13.7 Å². The van der Waals surface area contributed by atoms with Gasteiger partial charge in [0.1, 0.15) is 11.7 Å². The number of allylic oxidation sites excluding steroid dienone is 2. The molecule has 3 aliphatic rings. The summed E-state index contributed by atoms with van der Waals surface area (Å²) in [5, 5.41) is 24.2. The Labute approximate surface area is 387 Å². The number of aromatic amines is 2. The Kier molecular flexibility index (Phi) is 16.5. The molecule has 65 heavy (non-hydrogen) atoms. The number of esters is 2. The van der Waals surface area contributed by atoms with Crippen molar-refractivity contribution in [2.45, 2.75) is 176 Å². The number of aliphatic hydroxyl groups excluding tert-OH is 2. The molecule has 1 unspecified atom stereocenters. The lowest BCUT2D eigenvalue weighted by Gasteiger charge is -2.19. The molecule has 8 bridgehead atoms. The predicted octanol–water partition coefficient (Wildman–Crippen LogP) is 12.3. The van der Waals surface area contributed by atoms with E-state index in [0.29, 0.717) is 46.9 Å². The highest BCUT2D eigenvalue weighted by atomic mass is 16.5. The Balaban J connectivity index is 1.24. The quantitative estimate of drug-likeness (QED) is 0.0686. The van der Waals surface area contributed by atoms with E-state index in [9.17, 15) is 19.8 Å².